The molecule has 0 fully saturated rings. The third kappa shape index (κ3) is 2.54. The van der Waals surface area contributed by atoms with Crippen molar-refractivity contribution in [2.45, 2.75) is 33.2 Å². The molecule has 0 aromatic heterocycles. The van der Waals surface area contributed by atoms with E-state index in [1.54, 1.807) is 7.11 Å². The van der Waals surface area contributed by atoms with Crippen molar-refractivity contribution >= 4 is 22.1 Å². The molecule has 3 heteroatoms. The zero-order valence-corrected chi connectivity index (χ0v) is 12.3. The molecule has 0 radical (unpaired) electrons. The van der Waals surface area contributed by atoms with Crippen LogP contribution < -0.4 is 4.74 Å². The molecule has 1 unspecified atom stereocenters. The lowest BCUT2D eigenvalue weighted by molar-refractivity contribution is 0.319. The molecule has 2 nitrogen and oxygen atoms in total. The van der Waals surface area contributed by atoms with Crippen molar-refractivity contribution in [2.24, 2.45) is 10.4 Å². The van der Waals surface area contributed by atoms with Crippen molar-refractivity contribution in [1.82, 2.24) is 0 Å². The quantitative estimate of drug-likeness (QED) is 0.771. The van der Waals surface area contributed by atoms with E-state index in [0.717, 1.165) is 16.6 Å². The zero-order chi connectivity index (χ0) is 12.6. The van der Waals surface area contributed by atoms with E-state index in [4.69, 9.17) is 4.74 Å². The highest BCUT2D eigenvalue weighted by Crippen LogP contribution is 2.34. The minimum absolute atomic E-state index is 0.209. The summed E-state index contributed by atoms with van der Waals surface area (Å²) in [4.78, 5) is 4.65. The fourth-order valence-electron chi connectivity index (χ4n) is 2.02. The highest BCUT2D eigenvalue weighted by molar-refractivity contribution is 9.10. The highest BCUT2D eigenvalue weighted by atomic mass is 79.9. The van der Waals surface area contributed by atoms with Gasteiger partial charge >= 0.3 is 0 Å². The summed E-state index contributed by atoms with van der Waals surface area (Å²) in [7, 11) is 1.68. The minimum Gasteiger partial charge on any atom is -0.496 e. The number of hydrogen-bond donors (Lipinski definition) is 0. The molecule has 0 saturated carbocycles. The number of hydrogen-bond acceptors (Lipinski definition) is 2. The van der Waals surface area contributed by atoms with Gasteiger partial charge in [-0.3, -0.25) is 4.99 Å². The topological polar surface area (TPSA) is 21.6 Å². The number of fused-ring (bicyclic) bond motifs is 1. The summed E-state index contributed by atoms with van der Waals surface area (Å²) in [5.41, 5.74) is 2.72. The summed E-state index contributed by atoms with van der Waals surface area (Å²) in [5.74, 6) is 0.865. The molecule has 1 aliphatic rings. The molecule has 17 heavy (non-hydrogen) atoms. The van der Waals surface area contributed by atoms with Crippen molar-refractivity contribution in [3.8, 4) is 5.75 Å². The van der Waals surface area contributed by atoms with Crippen LogP contribution in [0, 0.1) is 5.41 Å². The Morgan fingerprint density at radius 3 is 2.65 bits per heavy atom. The number of ether oxygens (including phenoxy) is 1. The van der Waals surface area contributed by atoms with Crippen LogP contribution in [0.2, 0.25) is 0 Å². The molecule has 1 atom stereocenters. The lowest BCUT2D eigenvalue weighted by atomic mass is 9.81. The Hall–Kier alpha value is -0.830. The van der Waals surface area contributed by atoms with Crippen LogP contribution in [-0.2, 0) is 6.42 Å². The van der Waals surface area contributed by atoms with E-state index in [2.05, 4.69) is 47.8 Å². The van der Waals surface area contributed by atoms with Gasteiger partial charge in [-0.2, -0.15) is 0 Å². The Bertz CT molecular complexity index is 460. The van der Waals surface area contributed by atoms with E-state index < -0.39 is 0 Å². The molecular formula is C14H18BrNO. The second kappa shape index (κ2) is 4.45. The van der Waals surface area contributed by atoms with Crippen LogP contribution in [0.1, 0.15) is 31.9 Å². The van der Waals surface area contributed by atoms with E-state index in [1.807, 2.05) is 12.3 Å². The molecule has 0 spiro atoms. The van der Waals surface area contributed by atoms with Crippen molar-refractivity contribution in [1.29, 1.82) is 0 Å². The largest absolute Gasteiger partial charge is 0.496 e. The van der Waals surface area contributed by atoms with E-state index in [1.165, 1.54) is 11.1 Å². The number of aliphatic imine (C=N–C) groups is 1. The molecule has 92 valence electrons. The molecule has 0 saturated heterocycles. The van der Waals surface area contributed by atoms with E-state index in [0.29, 0.717) is 6.04 Å². The standard InChI is InChI=1S/C14H18BrNO/c1-14(2,3)13-7-9-5-11(15)12(17-4)6-10(9)8-16-13/h5-6,8,13H,7H2,1-4H3. The Balaban J connectivity index is 2.37. The van der Waals surface area contributed by atoms with Gasteiger partial charge in [0.05, 0.1) is 17.6 Å². The Morgan fingerprint density at radius 1 is 1.35 bits per heavy atom. The van der Waals surface area contributed by atoms with Crippen LogP contribution in [0.5, 0.6) is 5.75 Å². The predicted octanol–water partition coefficient (Wildman–Crippen LogP) is 3.85. The summed E-state index contributed by atoms with van der Waals surface area (Å²) in [6.45, 7) is 6.70. The van der Waals surface area contributed by atoms with Gasteiger partial charge < -0.3 is 4.74 Å². The Morgan fingerprint density at radius 2 is 2.06 bits per heavy atom. The summed E-state index contributed by atoms with van der Waals surface area (Å²) < 4.78 is 6.31. The van der Waals surface area contributed by atoms with Gasteiger partial charge in [-0.05, 0) is 51.0 Å². The first-order valence-electron chi connectivity index (χ1n) is 5.81. The molecule has 0 N–H and O–H groups in total. The first-order chi connectivity index (χ1) is 7.91. The molecule has 1 aromatic rings. The molecule has 1 aliphatic heterocycles. The number of rotatable bonds is 1. The number of methoxy groups -OCH3 is 1. The van der Waals surface area contributed by atoms with Gasteiger partial charge in [0.15, 0.2) is 0 Å². The molecule has 1 aromatic carbocycles. The van der Waals surface area contributed by atoms with Crippen LogP contribution in [0.25, 0.3) is 0 Å². The number of halogens is 1. The second-order valence-electron chi connectivity index (χ2n) is 5.55. The smallest absolute Gasteiger partial charge is 0.133 e. The second-order valence-corrected chi connectivity index (χ2v) is 6.40. The molecule has 0 aliphatic carbocycles. The fraction of sp³-hybridized carbons (Fsp3) is 0.500. The first-order valence-corrected chi connectivity index (χ1v) is 6.60. The summed E-state index contributed by atoms with van der Waals surface area (Å²) in [5, 5.41) is 0. The van der Waals surface area contributed by atoms with Crippen LogP contribution in [0.15, 0.2) is 21.6 Å². The van der Waals surface area contributed by atoms with Gasteiger partial charge in [0.25, 0.3) is 0 Å². The van der Waals surface area contributed by atoms with Crippen molar-refractivity contribution in [3.05, 3.63) is 27.7 Å². The monoisotopic (exact) mass is 295 g/mol. The van der Waals surface area contributed by atoms with Gasteiger partial charge in [-0.15, -0.1) is 0 Å². The van der Waals surface area contributed by atoms with E-state index in [9.17, 15) is 0 Å². The highest BCUT2D eigenvalue weighted by Gasteiger charge is 2.27. The maximum Gasteiger partial charge on any atom is 0.133 e. The minimum atomic E-state index is 0.209. The number of benzene rings is 1. The lowest BCUT2D eigenvalue weighted by Crippen LogP contribution is -2.29. The van der Waals surface area contributed by atoms with Gasteiger partial charge in [0.1, 0.15) is 5.75 Å². The molecule has 0 bridgehead atoms. The van der Waals surface area contributed by atoms with Gasteiger partial charge in [-0.25, -0.2) is 0 Å². The zero-order valence-electron chi connectivity index (χ0n) is 10.7. The van der Waals surface area contributed by atoms with Crippen LogP contribution in [0.3, 0.4) is 0 Å². The third-order valence-electron chi connectivity index (χ3n) is 3.22. The normalized spacial score (nSPS) is 19.0. The maximum absolute atomic E-state index is 5.30. The van der Waals surface area contributed by atoms with Crippen molar-refractivity contribution < 1.29 is 4.74 Å². The van der Waals surface area contributed by atoms with E-state index in [-0.39, 0.29) is 5.41 Å². The molecule has 2 rings (SSSR count). The molecular weight excluding hydrogens is 278 g/mol. The van der Waals surface area contributed by atoms with Crippen LogP contribution in [0.4, 0.5) is 0 Å². The summed E-state index contributed by atoms with van der Waals surface area (Å²) in [6.07, 6.45) is 2.97. The first kappa shape index (κ1) is 12.6. The van der Waals surface area contributed by atoms with Crippen molar-refractivity contribution in [3.63, 3.8) is 0 Å². The number of nitrogens with zero attached hydrogens (tertiary/aromatic N) is 1. The molecule has 1 heterocycles. The van der Waals surface area contributed by atoms with Gasteiger partial charge in [0.2, 0.25) is 0 Å². The Labute approximate surface area is 111 Å². The Kier molecular flexibility index (Phi) is 3.30. The summed E-state index contributed by atoms with van der Waals surface area (Å²) >= 11 is 3.54. The average molecular weight is 296 g/mol. The van der Waals surface area contributed by atoms with Gasteiger partial charge in [-0.1, -0.05) is 20.8 Å². The fourth-order valence-corrected chi connectivity index (χ4v) is 2.58. The van der Waals surface area contributed by atoms with E-state index >= 15 is 0 Å². The summed E-state index contributed by atoms with van der Waals surface area (Å²) in [6, 6.07) is 4.55. The molecule has 0 amide bonds. The maximum atomic E-state index is 5.30. The average Bonchev–Trinajstić information content (AvgIpc) is 2.26. The van der Waals surface area contributed by atoms with Crippen LogP contribution in [-0.4, -0.2) is 19.4 Å². The lowest BCUT2D eigenvalue weighted by Gasteiger charge is -2.30. The van der Waals surface area contributed by atoms with Gasteiger partial charge in [0, 0.05) is 6.21 Å². The SMILES string of the molecule is COc1cc2c(cc1Br)CC(C(C)(C)C)N=C2. The predicted molar refractivity (Wildman–Crippen MR) is 75.2 cm³/mol. The third-order valence-corrected chi connectivity index (χ3v) is 3.84. The van der Waals surface area contributed by atoms with Crippen molar-refractivity contribution in [2.75, 3.05) is 7.11 Å². The van der Waals surface area contributed by atoms with Crippen LogP contribution >= 0.6 is 15.9 Å².